The van der Waals surface area contributed by atoms with E-state index in [1.807, 2.05) is 0 Å². The zero-order valence-corrected chi connectivity index (χ0v) is 13.2. The number of carboxylic acids is 2. The molecule has 0 aromatic heterocycles. The van der Waals surface area contributed by atoms with Crippen molar-refractivity contribution in [2.24, 2.45) is 5.92 Å². The second-order valence-corrected chi connectivity index (χ2v) is 4.69. The highest BCUT2D eigenvalue weighted by atomic mass is 16.5. The third kappa shape index (κ3) is 10.8. The lowest BCUT2D eigenvalue weighted by Gasteiger charge is -2.20. The van der Waals surface area contributed by atoms with Crippen LogP contribution in [0, 0.1) is 5.92 Å². The average Bonchev–Trinajstić information content (AvgIpc) is 2.50. The highest BCUT2D eigenvalue weighted by Gasteiger charge is 2.17. The first kappa shape index (κ1) is 21.1. The first-order chi connectivity index (χ1) is 11.3. The number of carbonyl (C=O) groups is 4. The Morgan fingerprint density at radius 3 is 2.04 bits per heavy atom. The van der Waals surface area contributed by atoms with E-state index in [0.717, 1.165) is 12.2 Å². The van der Waals surface area contributed by atoms with Crippen molar-refractivity contribution in [3.05, 3.63) is 37.0 Å². The van der Waals surface area contributed by atoms with Gasteiger partial charge in [0.2, 0.25) is 0 Å². The summed E-state index contributed by atoms with van der Waals surface area (Å²) in [6.07, 6.45) is 5.01. The summed E-state index contributed by atoms with van der Waals surface area (Å²) in [5.41, 5.74) is 0. The smallest absolute Gasteiger partial charge is 0.331 e. The number of carboxylic acid groups (broad SMARTS) is 2. The van der Waals surface area contributed by atoms with Crippen molar-refractivity contribution in [2.75, 3.05) is 6.61 Å². The summed E-state index contributed by atoms with van der Waals surface area (Å²) in [4.78, 5) is 43.1. The van der Waals surface area contributed by atoms with Gasteiger partial charge in [0.05, 0.1) is 6.61 Å². The second-order valence-electron chi connectivity index (χ2n) is 4.69. The minimum atomic E-state index is -1.25. The van der Waals surface area contributed by atoms with Crippen LogP contribution in [0.5, 0.6) is 0 Å². The summed E-state index contributed by atoms with van der Waals surface area (Å²) in [7, 11) is 0. The number of ether oxygens (including phenoxy) is 2. The molecule has 0 spiro atoms. The molecule has 0 fully saturated rings. The molecule has 0 amide bonds. The maximum absolute atomic E-state index is 11.4. The standard InChI is InChI=1S/C16H20O8/c1-3-12(11(2)24-16(22)9-7-14(19)20)5-4-10-23-15(21)8-6-13(17)18/h3,6-9,11-12H,1,4-5,10H2,2H3,(H,17,18)(H,19,20). The van der Waals surface area contributed by atoms with Gasteiger partial charge in [-0.15, -0.1) is 6.58 Å². The van der Waals surface area contributed by atoms with E-state index >= 15 is 0 Å². The lowest BCUT2D eigenvalue weighted by atomic mass is 9.98. The van der Waals surface area contributed by atoms with Crippen molar-refractivity contribution in [3.63, 3.8) is 0 Å². The SMILES string of the molecule is C=CC(CCCOC(=O)C=CC(=O)O)C(C)OC(=O)C=CC(=O)O. The van der Waals surface area contributed by atoms with Crippen molar-refractivity contribution in [3.8, 4) is 0 Å². The van der Waals surface area contributed by atoms with Crippen molar-refractivity contribution in [1.29, 1.82) is 0 Å². The molecule has 0 aromatic rings. The van der Waals surface area contributed by atoms with Gasteiger partial charge in [-0.1, -0.05) is 6.08 Å². The van der Waals surface area contributed by atoms with Gasteiger partial charge in [0.1, 0.15) is 6.10 Å². The molecule has 0 heterocycles. The Kier molecular flexibility index (Phi) is 10.2. The van der Waals surface area contributed by atoms with Gasteiger partial charge in [-0.3, -0.25) is 0 Å². The third-order valence-electron chi connectivity index (χ3n) is 2.86. The normalized spacial score (nSPS) is 13.4. The van der Waals surface area contributed by atoms with Gasteiger partial charge in [0.25, 0.3) is 0 Å². The van der Waals surface area contributed by atoms with Crippen molar-refractivity contribution < 1.29 is 38.9 Å². The van der Waals surface area contributed by atoms with E-state index in [-0.39, 0.29) is 12.5 Å². The Morgan fingerprint density at radius 2 is 1.54 bits per heavy atom. The first-order valence-electron chi connectivity index (χ1n) is 7.08. The molecule has 0 aliphatic heterocycles. The molecule has 0 aromatic carbocycles. The molecular weight excluding hydrogens is 320 g/mol. The number of hydrogen-bond donors (Lipinski definition) is 2. The lowest BCUT2D eigenvalue weighted by Crippen LogP contribution is -2.22. The monoisotopic (exact) mass is 340 g/mol. The average molecular weight is 340 g/mol. The van der Waals surface area contributed by atoms with Gasteiger partial charge in [-0.25, -0.2) is 19.2 Å². The molecule has 0 rings (SSSR count). The molecule has 8 nitrogen and oxygen atoms in total. The predicted octanol–water partition coefficient (Wildman–Crippen LogP) is 1.33. The Balaban J connectivity index is 4.20. The van der Waals surface area contributed by atoms with Crippen LogP contribution in [-0.4, -0.2) is 46.8 Å². The van der Waals surface area contributed by atoms with Crippen LogP contribution in [0.1, 0.15) is 19.8 Å². The summed E-state index contributed by atoms with van der Waals surface area (Å²) < 4.78 is 9.86. The van der Waals surface area contributed by atoms with Crippen LogP contribution in [0.2, 0.25) is 0 Å². The van der Waals surface area contributed by atoms with Gasteiger partial charge in [0, 0.05) is 30.2 Å². The van der Waals surface area contributed by atoms with E-state index in [1.165, 1.54) is 0 Å². The predicted molar refractivity (Wildman–Crippen MR) is 83.0 cm³/mol. The molecule has 0 bridgehead atoms. The number of esters is 2. The zero-order valence-electron chi connectivity index (χ0n) is 13.2. The summed E-state index contributed by atoms with van der Waals surface area (Å²) in [6.45, 7) is 5.35. The van der Waals surface area contributed by atoms with Crippen molar-refractivity contribution >= 4 is 23.9 Å². The van der Waals surface area contributed by atoms with Crippen LogP contribution in [0.15, 0.2) is 37.0 Å². The summed E-state index contributed by atoms with van der Waals surface area (Å²) in [5.74, 6) is -4.24. The van der Waals surface area contributed by atoms with Crippen LogP contribution in [0.25, 0.3) is 0 Å². The lowest BCUT2D eigenvalue weighted by molar-refractivity contribution is -0.144. The fourth-order valence-electron chi connectivity index (χ4n) is 1.67. The molecule has 24 heavy (non-hydrogen) atoms. The van der Waals surface area contributed by atoms with Gasteiger partial charge >= 0.3 is 23.9 Å². The highest BCUT2D eigenvalue weighted by molar-refractivity contribution is 5.91. The van der Waals surface area contributed by atoms with E-state index in [1.54, 1.807) is 13.0 Å². The van der Waals surface area contributed by atoms with E-state index in [9.17, 15) is 19.2 Å². The van der Waals surface area contributed by atoms with Crippen molar-refractivity contribution in [2.45, 2.75) is 25.9 Å². The topological polar surface area (TPSA) is 127 Å². The van der Waals surface area contributed by atoms with E-state index in [0.29, 0.717) is 25.0 Å². The molecule has 2 unspecified atom stereocenters. The third-order valence-corrected chi connectivity index (χ3v) is 2.86. The van der Waals surface area contributed by atoms with Crippen LogP contribution in [-0.2, 0) is 28.7 Å². The quantitative estimate of drug-likeness (QED) is 0.249. The Hall–Kier alpha value is -2.90. The molecule has 0 radical (unpaired) electrons. The minimum absolute atomic E-state index is 0.0761. The second kappa shape index (κ2) is 11.6. The Morgan fingerprint density at radius 1 is 1.00 bits per heavy atom. The Labute approximate surface area is 139 Å². The first-order valence-corrected chi connectivity index (χ1v) is 7.08. The molecule has 0 saturated carbocycles. The highest BCUT2D eigenvalue weighted by Crippen LogP contribution is 2.16. The summed E-state index contributed by atoms with van der Waals surface area (Å²) in [5, 5.41) is 16.8. The van der Waals surface area contributed by atoms with Crippen molar-refractivity contribution in [1.82, 2.24) is 0 Å². The van der Waals surface area contributed by atoms with Gasteiger partial charge in [-0.05, 0) is 19.8 Å². The molecule has 2 atom stereocenters. The van der Waals surface area contributed by atoms with E-state index in [2.05, 4.69) is 6.58 Å². The molecule has 132 valence electrons. The fourth-order valence-corrected chi connectivity index (χ4v) is 1.67. The van der Waals surface area contributed by atoms with E-state index in [4.69, 9.17) is 19.7 Å². The number of aliphatic carboxylic acids is 2. The summed E-state index contributed by atoms with van der Waals surface area (Å²) >= 11 is 0. The van der Waals surface area contributed by atoms with Gasteiger partial charge in [0.15, 0.2) is 0 Å². The Bertz CT molecular complexity index is 532. The molecule has 2 N–H and O–H groups in total. The zero-order chi connectivity index (χ0) is 18.5. The largest absolute Gasteiger partial charge is 0.478 e. The number of hydrogen-bond acceptors (Lipinski definition) is 6. The van der Waals surface area contributed by atoms with Crippen LogP contribution in [0.3, 0.4) is 0 Å². The van der Waals surface area contributed by atoms with Crippen LogP contribution < -0.4 is 0 Å². The van der Waals surface area contributed by atoms with Crippen LogP contribution in [0.4, 0.5) is 0 Å². The maximum atomic E-state index is 11.4. The number of rotatable bonds is 11. The van der Waals surface area contributed by atoms with Gasteiger partial charge < -0.3 is 19.7 Å². The van der Waals surface area contributed by atoms with E-state index < -0.39 is 30.0 Å². The molecule has 0 aliphatic rings. The molecule has 0 saturated heterocycles. The summed E-state index contributed by atoms with van der Waals surface area (Å²) in [6, 6.07) is 0. The van der Waals surface area contributed by atoms with Crippen LogP contribution >= 0.6 is 0 Å². The fraction of sp³-hybridized carbons (Fsp3) is 0.375. The van der Waals surface area contributed by atoms with Gasteiger partial charge in [-0.2, -0.15) is 0 Å². The maximum Gasteiger partial charge on any atom is 0.331 e. The molecular formula is C16H20O8. The number of carbonyl (C=O) groups excluding carboxylic acids is 2. The molecule has 0 aliphatic carbocycles. The molecule has 8 heteroatoms. The minimum Gasteiger partial charge on any atom is -0.478 e.